The third-order valence-corrected chi connectivity index (χ3v) is 4.85. The van der Waals surface area contributed by atoms with Gasteiger partial charge in [0.1, 0.15) is 0 Å². The zero-order valence-electron chi connectivity index (χ0n) is 10.3. The molecule has 1 aliphatic heterocycles. The minimum absolute atomic E-state index is 0. The van der Waals surface area contributed by atoms with E-state index in [9.17, 15) is 21.6 Å². The van der Waals surface area contributed by atoms with E-state index in [0.29, 0.717) is 12.5 Å². The monoisotopic (exact) mass is 330 g/mol. The van der Waals surface area contributed by atoms with E-state index < -0.39 is 21.8 Å². The summed E-state index contributed by atoms with van der Waals surface area (Å²) in [6.45, 7) is 0.373. The van der Waals surface area contributed by atoms with E-state index in [-0.39, 0.29) is 36.4 Å². The highest BCUT2D eigenvalue weighted by Gasteiger charge is 2.34. The van der Waals surface area contributed by atoms with Gasteiger partial charge in [-0.1, -0.05) is 6.07 Å². The lowest BCUT2D eigenvalue weighted by molar-refractivity contribution is -0.137. The first-order chi connectivity index (χ1) is 8.71. The fraction of sp³-hybridized carbons (Fsp3) is 0.455. The van der Waals surface area contributed by atoms with Crippen LogP contribution in [-0.2, 0) is 16.2 Å². The van der Waals surface area contributed by atoms with E-state index >= 15 is 0 Å². The summed E-state index contributed by atoms with van der Waals surface area (Å²) in [5, 5.41) is 0. The van der Waals surface area contributed by atoms with Gasteiger partial charge in [-0.15, -0.1) is 12.4 Å². The molecule has 4 nitrogen and oxygen atoms in total. The molecule has 0 unspecified atom stereocenters. The molecule has 2 N–H and O–H groups in total. The summed E-state index contributed by atoms with van der Waals surface area (Å²) in [5.41, 5.74) is 4.64. The standard InChI is InChI=1S/C11H13F3N2O2S.ClH/c12-11(13,14)8-2-1-3-10(6-8)19(17,18)16-5-4-9(15)7-16;/h1-3,6,9H,4-5,7,15H2;1H/t9-;/m0./s1. The fourth-order valence-electron chi connectivity index (χ4n) is 1.95. The highest BCUT2D eigenvalue weighted by Crippen LogP contribution is 2.31. The Kier molecular flexibility index (Phi) is 5.07. The van der Waals surface area contributed by atoms with E-state index in [1.54, 1.807) is 0 Å². The largest absolute Gasteiger partial charge is 0.416 e. The van der Waals surface area contributed by atoms with Gasteiger partial charge in [0.05, 0.1) is 10.5 Å². The number of nitrogens with two attached hydrogens (primary N) is 1. The van der Waals surface area contributed by atoms with E-state index in [1.807, 2.05) is 0 Å². The van der Waals surface area contributed by atoms with Crippen molar-refractivity contribution in [3.63, 3.8) is 0 Å². The lowest BCUT2D eigenvalue weighted by Crippen LogP contribution is -2.32. The van der Waals surface area contributed by atoms with Crippen molar-refractivity contribution in [3.05, 3.63) is 29.8 Å². The van der Waals surface area contributed by atoms with Crippen LogP contribution in [0.3, 0.4) is 0 Å². The molecule has 0 saturated carbocycles. The number of alkyl halides is 3. The van der Waals surface area contributed by atoms with Crippen molar-refractivity contribution in [2.45, 2.75) is 23.5 Å². The number of rotatable bonds is 2. The quantitative estimate of drug-likeness (QED) is 0.900. The van der Waals surface area contributed by atoms with Gasteiger partial charge >= 0.3 is 6.18 Å². The zero-order valence-corrected chi connectivity index (χ0v) is 11.9. The van der Waals surface area contributed by atoms with Crippen LogP contribution < -0.4 is 5.73 Å². The lowest BCUT2D eigenvalue weighted by atomic mass is 10.2. The Balaban J connectivity index is 0.00000200. The van der Waals surface area contributed by atoms with Gasteiger partial charge in [0, 0.05) is 19.1 Å². The van der Waals surface area contributed by atoms with Crippen LogP contribution in [0, 0.1) is 0 Å². The van der Waals surface area contributed by atoms with Crippen molar-refractivity contribution >= 4 is 22.4 Å². The first-order valence-electron chi connectivity index (χ1n) is 5.64. The Labute approximate surface area is 121 Å². The van der Waals surface area contributed by atoms with Gasteiger partial charge in [-0.2, -0.15) is 17.5 Å². The average Bonchev–Trinajstić information content (AvgIpc) is 2.76. The maximum Gasteiger partial charge on any atom is 0.416 e. The van der Waals surface area contributed by atoms with Gasteiger partial charge in [0.25, 0.3) is 0 Å². The summed E-state index contributed by atoms with van der Waals surface area (Å²) in [4.78, 5) is -0.351. The average molecular weight is 331 g/mol. The summed E-state index contributed by atoms with van der Waals surface area (Å²) in [7, 11) is -3.90. The molecule has 9 heteroatoms. The van der Waals surface area contributed by atoms with Gasteiger partial charge < -0.3 is 5.73 Å². The lowest BCUT2D eigenvalue weighted by Gasteiger charge is -2.17. The molecule has 0 radical (unpaired) electrons. The van der Waals surface area contributed by atoms with Crippen molar-refractivity contribution in [2.75, 3.05) is 13.1 Å². The molecule has 0 amide bonds. The Morgan fingerprint density at radius 3 is 2.45 bits per heavy atom. The summed E-state index contributed by atoms with van der Waals surface area (Å²) in [6.07, 6.45) is -4.05. The predicted molar refractivity (Wildman–Crippen MR) is 70.0 cm³/mol. The summed E-state index contributed by atoms with van der Waals surface area (Å²) in [5.74, 6) is 0. The molecule has 1 aromatic rings. The van der Waals surface area contributed by atoms with Crippen LogP contribution in [0.5, 0.6) is 0 Å². The second kappa shape index (κ2) is 5.88. The Bertz CT molecular complexity index is 577. The maximum atomic E-state index is 12.6. The fourth-order valence-corrected chi connectivity index (χ4v) is 3.51. The summed E-state index contributed by atoms with van der Waals surface area (Å²) >= 11 is 0. The van der Waals surface area contributed by atoms with Gasteiger partial charge in [-0.3, -0.25) is 0 Å². The molecule has 1 atom stereocenters. The van der Waals surface area contributed by atoms with E-state index in [2.05, 4.69) is 0 Å². The molecule has 2 rings (SSSR count). The topological polar surface area (TPSA) is 63.4 Å². The van der Waals surface area contributed by atoms with Crippen molar-refractivity contribution < 1.29 is 21.6 Å². The number of benzene rings is 1. The predicted octanol–water partition coefficient (Wildman–Crippen LogP) is 1.85. The Hall–Kier alpha value is -0.830. The van der Waals surface area contributed by atoms with Gasteiger partial charge in [0.15, 0.2) is 0 Å². The summed E-state index contributed by atoms with van der Waals surface area (Å²) < 4.78 is 63.1. The molecule has 1 aliphatic rings. The number of sulfonamides is 1. The molecule has 1 fully saturated rings. The third-order valence-electron chi connectivity index (χ3n) is 2.99. The third kappa shape index (κ3) is 3.43. The minimum atomic E-state index is -4.56. The highest BCUT2D eigenvalue weighted by atomic mass is 35.5. The maximum absolute atomic E-state index is 12.6. The first kappa shape index (κ1) is 17.2. The Morgan fingerprint density at radius 2 is 1.95 bits per heavy atom. The molecular weight excluding hydrogens is 317 g/mol. The number of hydrogen-bond donors (Lipinski definition) is 1. The number of halogens is 4. The SMILES string of the molecule is Cl.N[C@H]1CCN(S(=O)(=O)c2cccc(C(F)(F)F)c2)C1. The normalized spacial score (nSPS) is 20.7. The minimum Gasteiger partial charge on any atom is -0.326 e. The molecule has 0 aromatic heterocycles. The van der Waals surface area contributed by atoms with Crippen LogP contribution in [0.25, 0.3) is 0 Å². The van der Waals surface area contributed by atoms with E-state index in [1.165, 1.54) is 0 Å². The van der Waals surface area contributed by atoms with Crippen LogP contribution in [0.15, 0.2) is 29.2 Å². The second-order valence-electron chi connectivity index (χ2n) is 4.44. The molecule has 0 bridgehead atoms. The molecule has 1 saturated heterocycles. The van der Waals surface area contributed by atoms with Crippen LogP contribution in [0.2, 0.25) is 0 Å². The van der Waals surface area contributed by atoms with Gasteiger partial charge in [-0.25, -0.2) is 8.42 Å². The smallest absolute Gasteiger partial charge is 0.326 e. The first-order valence-corrected chi connectivity index (χ1v) is 7.08. The van der Waals surface area contributed by atoms with Crippen molar-refractivity contribution in [1.82, 2.24) is 4.31 Å². The van der Waals surface area contributed by atoms with Crippen molar-refractivity contribution in [2.24, 2.45) is 5.73 Å². The number of hydrogen-bond acceptors (Lipinski definition) is 3. The molecule has 0 spiro atoms. The summed E-state index contributed by atoms with van der Waals surface area (Å²) in [6, 6.07) is 3.48. The van der Waals surface area contributed by atoms with Crippen molar-refractivity contribution in [3.8, 4) is 0 Å². The molecule has 1 aromatic carbocycles. The Morgan fingerprint density at radius 1 is 1.30 bits per heavy atom. The molecule has 20 heavy (non-hydrogen) atoms. The van der Waals surface area contributed by atoms with E-state index in [0.717, 1.165) is 22.5 Å². The second-order valence-corrected chi connectivity index (χ2v) is 6.38. The molecular formula is C11H14ClF3N2O2S. The number of nitrogens with zero attached hydrogens (tertiary/aromatic N) is 1. The zero-order chi connectivity index (χ0) is 14.3. The van der Waals surface area contributed by atoms with Gasteiger partial charge in [0.2, 0.25) is 10.0 Å². The van der Waals surface area contributed by atoms with Crippen LogP contribution in [0.4, 0.5) is 13.2 Å². The van der Waals surface area contributed by atoms with Crippen LogP contribution in [0.1, 0.15) is 12.0 Å². The molecule has 0 aliphatic carbocycles. The molecule has 114 valence electrons. The highest BCUT2D eigenvalue weighted by molar-refractivity contribution is 7.89. The van der Waals surface area contributed by atoms with Crippen molar-refractivity contribution in [1.29, 1.82) is 0 Å². The van der Waals surface area contributed by atoms with E-state index in [4.69, 9.17) is 5.73 Å². The van der Waals surface area contributed by atoms with Crippen LogP contribution >= 0.6 is 12.4 Å². The van der Waals surface area contributed by atoms with Crippen LogP contribution in [-0.4, -0.2) is 31.9 Å². The van der Waals surface area contributed by atoms with Gasteiger partial charge in [-0.05, 0) is 24.6 Å². The molecule has 1 heterocycles.